The Bertz CT molecular complexity index is 496. The number of hydrogen-bond donors (Lipinski definition) is 1. The van der Waals surface area contributed by atoms with Gasteiger partial charge in [0.25, 0.3) is 0 Å². The van der Waals surface area contributed by atoms with E-state index < -0.39 is 11.7 Å². The van der Waals surface area contributed by atoms with Crippen LogP contribution in [0.5, 0.6) is 0 Å². The summed E-state index contributed by atoms with van der Waals surface area (Å²) in [5, 5.41) is 2.92. The van der Waals surface area contributed by atoms with Gasteiger partial charge in [0.2, 0.25) is 0 Å². The van der Waals surface area contributed by atoms with Gasteiger partial charge < -0.3 is 14.8 Å². The summed E-state index contributed by atoms with van der Waals surface area (Å²) in [6, 6.07) is 3.89. The Morgan fingerprint density at radius 3 is 2.67 bits per heavy atom. The van der Waals surface area contributed by atoms with Crippen molar-refractivity contribution in [2.75, 3.05) is 19.0 Å². The molecule has 0 amide bonds. The largest absolute Gasteiger partial charge is 0.418 e. The number of alkyl halides is 3. The number of hydrogen-bond acceptors (Lipinski definition) is 3. The van der Waals surface area contributed by atoms with Crippen LogP contribution in [0, 0.1) is 0 Å². The quantitative estimate of drug-likeness (QED) is 0.850. The minimum atomic E-state index is -4.41. The van der Waals surface area contributed by atoms with Crippen LogP contribution in [0.15, 0.2) is 22.7 Å². The number of anilines is 1. The summed E-state index contributed by atoms with van der Waals surface area (Å²) in [6.45, 7) is 2.44. The molecule has 3 atom stereocenters. The van der Waals surface area contributed by atoms with E-state index in [9.17, 15) is 13.2 Å². The predicted octanol–water partition coefficient (Wildman–Crippen LogP) is 4.07. The fourth-order valence-corrected chi connectivity index (χ4v) is 2.85. The van der Waals surface area contributed by atoms with Crippen molar-refractivity contribution in [2.24, 2.45) is 0 Å². The van der Waals surface area contributed by atoms with Crippen LogP contribution in [0.3, 0.4) is 0 Å². The molecule has 0 radical (unpaired) electrons. The van der Waals surface area contributed by atoms with Crippen LogP contribution >= 0.6 is 15.9 Å². The molecule has 0 spiro atoms. The second-order valence-electron chi connectivity index (χ2n) is 4.87. The molecule has 1 aliphatic rings. The Hall–Kier alpha value is -0.790. The summed E-state index contributed by atoms with van der Waals surface area (Å²) in [7, 11) is 1.54. The lowest BCUT2D eigenvalue weighted by molar-refractivity contribution is -0.137. The first kappa shape index (κ1) is 16.6. The van der Waals surface area contributed by atoms with Gasteiger partial charge in [-0.25, -0.2) is 0 Å². The van der Waals surface area contributed by atoms with Gasteiger partial charge in [-0.3, -0.25) is 0 Å². The van der Waals surface area contributed by atoms with Gasteiger partial charge in [0.05, 0.1) is 17.7 Å². The molecule has 2 rings (SSSR count). The molecule has 0 heterocycles. The maximum absolute atomic E-state index is 13.1. The zero-order valence-electron chi connectivity index (χ0n) is 11.7. The maximum Gasteiger partial charge on any atom is 0.418 e. The lowest BCUT2D eigenvalue weighted by atomic mass is 9.84. The molecule has 0 aromatic heterocycles. The van der Waals surface area contributed by atoms with Gasteiger partial charge in [0.15, 0.2) is 0 Å². The van der Waals surface area contributed by atoms with Gasteiger partial charge in [-0.1, -0.05) is 15.9 Å². The van der Waals surface area contributed by atoms with E-state index in [1.54, 1.807) is 6.07 Å². The highest BCUT2D eigenvalue weighted by Crippen LogP contribution is 2.38. The Kier molecular flexibility index (Phi) is 5.16. The second-order valence-corrected chi connectivity index (χ2v) is 5.78. The average Bonchev–Trinajstić information content (AvgIpc) is 2.38. The van der Waals surface area contributed by atoms with E-state index in [-0.39, 0.29) is 23.9 Å². The number of ether oxygens (including phenoxy) is 2. The lowest BCUT2D eigenvalue weighted by Crippen LogP contribution is -2.57. The van der Waals surface area contributed by atoms with Crippen molar-refractivity contribution >= 4 is 21.6 Å². The van der Waals surface area contributed by atoms with Crippen molar-refractivity contribution in [3.63, 3.8) is 0 Å². The summed E-state index contributed by atoms with van der Waals surface area (Å²) < 4.78 is 50.4. The van der Waals surface area contributed by atoms with Gasteiger partial charge in [0, 0.05) is 23.9 Å². The van der Waals surface area contributed by atoms with Crippen LogP contribution in [0.1, 0.15) is 18.9 Å². The first-order valence-electron chi connectivity index (χ1n) is 6.64. The maximum atomic E-state index is 13.1. The molecule has 0 bridgehead atoms. The SMILES string of the molecule is CCOC1CC(Nc2ccc(Br)cc2C(F)(F)F)C1OC. The monoisotopic (exact) mass is 367 g/mol. The Morgan fingerprint density at radius 2 is 2.10 bits per heavy atom. The number of methoxy groups -OCH3 is 1. The fourth-order valence-electron chi connectivity index (χ4n) is 2.49. The molecule has 1 aliphatic carbocycles. The Morgan fingerprint density at radius 1 is 1.38 bits per heavy atom. The van der Waals surface area contributed by atoms with Crippen LogP contribution in [0.25, 0.3) is 0 Å². The molecule has 7 heteroatoms. The molecule has 1 saturated carbocycles. The van der Waals surface area contributed by atoms with Crippen molar-refractivity contribution in [3.8, 4) is 0 Å². The van der Waals surface area contributed by atoms with Gasteiger partial charge in [-0.05, 0) is 31.5 Å². The molecular formula is C14H17BrF3NO2. The van der Waals surface area contributed by atoms with Crippen LogP contribution in [-0.4, -0.2) is 32.0 Å². The molecule has 1 N–H and O–H groups in total. The van der Waals surface area contributed by atoms with Gasteiger partial charge in [0.1, 0.15) is 6.10 Å². The standard InChI is InChI=1S/C14H17BrF3NO2/c1-3-21-12-7-11(13(12)20-2)19-10-5-4-8(15)6-9(10)14(16,17)18/h4-6,11-13,19H,3,7H2,1-2H3. The van der Waals surface area contributed by atoms with Crippen molar-refractivity contribution in [2.45, 2.75) is 37.8 Å². The molecule has 1 aromatic rings. The first-order valence-corrected chi connectivity index (χ1v) is 7.43. The minimum Gasteiger partial charge on any atom is -0.379 e. The summed E-state index contributed by atoms with van der Waals surface area (Å²) in [5.41, 5.74) is -0.626. The average molecular weight is 368 g/mol. The van der Waals surface area contributed by atoms with E-state index in [1.807, 2.05) is 6.92 Å². The van der Waals surface area contributed by atoms with Crippen molar-refractivity contribution < 1.29 is 22.6 Å². The van der Waals surface area contributed by atoms with Crippen molar-refractivity contribution in [3.05, 3.63) is 28.2 Å². The first-order chi connectivity index (χ1) is 9.86. The highest BCUT2D eigenvalue weighted by molar-refractivity contribution is 9.10. The van der Waals surface area contributed by atoms with Gasteiger partial charge in [-0.15, -0.1) is 0 Å². The highest BCUT2D eigenvalue weighted by atomic mass is 79.9. The number of rotatable bonds is 5. The molecular weight excluding hydrogens is 351 g/mol. The van der Waals surface area contributed by atoms with Gasteiger partial charge in [-0.2, -0.15) is 13.2 Å². The van der Waals surface area contributed by atoms with E-state index in [1.165, 1.54) is 13.2 Å². The third-order valence-corrected chi connectivity index (χ3v) is 4.02. The zero-order valence-corrected chi connectivity index (χ0v) is 13.3. The topological polar surface area (TPSA) is 30.5 Å². The highest BCUT2D eigenvalue weighted by Gasteiger charge is 2.43. The van der Waals surface area contributed by atoms with E-state index in [0.29, 0.717) is 17.5 Å². The van der Waals surface area contributed by atoms with E-state index in [2.05, 4.69) is 21.2 Å². The van der Waals surface area contributed by atoms with Crippen LogP contribution in [0.4, 0.5) is 18.9 Å². The lowest BCUT2D eigenvalue weighted by Gasteiger charge is -2.44. The van der Waals surface area contributed by atoms with E-state index in [4.69, 9.17) is 9.47 Å². The summed E-state index contributed by atoms with van der Waals surface area (Å²) in [5.74, 6) is 0. The summed E-state index contributed by atoms with van der Waals surface area (Å²) in [4.78, 5) is 0. The van der Waals surface area contributed by atoms with E-state index in [0.717, 1.165) is 6.07 Å². The summed E-state index contributed by atoms with van der Waals surface area (Å²) in [6.07, 6.45) is -4.09. The Balaban J connectivity index is 2.14. The van der Waals surface area contributed by atoms with Crippen LogP contribution in [0.2, 0.25) is 0 Å². The van der Waals surface area contributed by atoms with Gasteiger partial charge >= 0.3 is 6.18 Å². The zero-order chi connectivity index (χ0) is 15.6. The number of nitrogens with one attached hydrogen (secondary N) is 1. The molecule has 21 heavy (non-hydrogen) atoms. The third kappa shape index (κ3) is 3.70. The fraction of sp³-hybridized carbons (Fsp3) is 0.571. The molecule has 3 unspecified atom stereocenters. The Labute approximate surface area is 129 Å². The minimum absolute atomic E-state index is 0.0627. The van der Waals surface area contributed by atoms with Crippen LogP contribution < -0.4 is 5.32 Å². The molecule has 3 nitrogen and oxygen atoms in total. The molecule has 1 aromatic carbocycles. The molecule has 0 saturated heterocycles. The normalized spacial score (nSPS) is 25.5. The molecule has 118 valence electrons. The van der Waals surface area contributed by atoms with Crippen LogP contribution in [-0.2, 0) is 15.7 Å². The summed E-state index contributed by atoms with van der Waals surface area (Å²) >= 11 is 3.07. The van der Waals surface area contributed by atoms with Crippen molar-refractivity contribution in [1.29, 1.82) is 0 Å². The number of benzene rings is 1. The molecule has 1 fully saturated rings. The third-order valence-electron chi connectivity index (χ3n) is 3.53. The number of halogens is 4. The van der Waals surface area contributed by atoms with E-state index >= 15 is 0 Å². The predicted molar refractivity (Wildman–Crippen MR) is 77.4 cm³/mol. The second kappa shape index (κ2) is 6.54. The molecule has 0 aliphatic heterocycles. The van der Waals surface area contributed by atoms with Crippen molar-refractivity contribution in [1.82, 2.24) is 0 Å². The smallest absolute Gasteiger partial charge is 0.379 e.